The van der Waals surface area contributed by atoms with Crippen LogP contribution in [0.25, 0.3) is 5.82 Å². The molecule has 0 saturated heterocycles. The van der Waals surface area contributed by atoms with E-state index in [1.165, 1.54) is 6.07 Å². The Hall–Kier alpha value is -1.55. The molecule has 0 radical (unpaired) electrons. The lowest BCUT2D eigenvalue weighted by molar-refractivity contribution is -0.143. The van der Waals surface area contributed by atoms with E-state index in [-0.39, 0.29) is 40.9 Å². The van der Waals surface area contributed by atoms with E-state index in [1.807, 2.05) is 0 Å². The van der Waals surface area contributed by atoms with E-state index in [4.69, 9.17) is 28.9 Å². The molecule has 0 aromatic carbocycles. The Morgan fingerprint density at radius 2 is 2.04 bits per heavy atom. The minimum absolute atomic E-state index is 0. The molecule has 1 atom stereocenters. The van der Waals surface area contributed by atoms with Gasteiger partial charge >= 0.3 is 6.18 Å². The fourth-order valence-corrected chi connectivity index (χ4v) is 2.48. The number of nitrogens with zero attached hydrogens (tertiary/aromatic N) is 3. The highest BCUT2D eigenvalue weighted by molar-refractivity contribution is 6.35. The quantitative estimate of drug-likeness (QED) is 0.757. The van der Waals surface area contributed by atoms with E-state index in [9.17, 15) is 18.0 Å². The zero-order valence-corrected chi connectivity index (χ0v) is 15.7. The highest BCUT2D eigenvalue weighted by Crippen LogP contribution is 2.34. The number of amides is 1. The van der Waals surface area contributed by atoms with Crippen molar-refractivity contribution in [2.75, 3.05) is 6.54 Å². The van der Waals surface area contributed by atoms with Gasteiger partial charge in [0.15, 0.2) is 11.5 Å². The summed E-state index contributed by atoms with van der Waals surface area (Å²) in [4.78, 5) is 15.9. The molecular formula is C14H15Cl3F3N5O. The predicted octanol–water partition coefficient (Wildman–Crippen LogP) is 3.48. The number of hydrogen-bond donors (Lipinski definition) is 2. The molecule has 12 heteroatoms. The SMILES string of the molecule is CC(N)CCNC(=O)c1cnn(-c2ncc(Cl)cc2Cl)c1C(F)(F)F.Cl. The van der Waals surface area contributed by atoms with Gasteiger partial charge in [0.1, 0.15) is 0 Å². The summed E-state index contributed by atoms with van der Waals surface area (Å²) in [5, 5.41) is 6.03. The minimum atomic E-state index is -4.85. The average Bonchev–Trinajstić information content (AvgIpc) is 2.91. The molecule has 1 amide bonds. The number of carbonyl (C=O) groups excluding carboxylic acids is 1. The summed E-state index contributed by atoms with van der Waals surface area (Å²) >= 11 is 11.6. The molecule has 0 aliphatic rings. The molecule has 0 saturated carbocycles. The van der Waals surface area contributed by atoms with Crippen molar-refractivity contribution in [3.8, 4) is 5.82 Å². The van der Waals surface area contributed by atoms with E-state index < -0.39 is 23.3 Å². The third kappa shape index (κ3) is 5.23. The zero-order chi connectivity index (χ0) is 18.8. The molecule has 26 heavy (non-hydrogen) atoms. The van der Waals surface area contributed by atoms with Gasteiger partial charge in [-0.1, -0.05) is 23.2 Å². The fourth-order valence-electron chi connectivity index (χ4n) is 2.02. The van der Waals surface area contributed by atoms with Crippen molar-refractivity contribution in [3.63, 3.8) is 0 Å². The first-order valence-corrected chi connectivity index (χ1v) is 7.87. The number of alkyl halides is 3. The molecule has 144 valence electrons. The summed E-state index contributed by atoms with van der Waals surface area (Å²) in [6, 6.07) is 1.04. The van der Waals surface area contributed by atoms with Crippen LogP contribution in [0.1, 0.15) is 29.4 Å². The van der Waals surface area contributed by atoms with Crippen LogP contribution in [0.4, 0.5) is 13.2 Å². The van der Waals surface area contributed by atoms with Crippen molar-refractivity contribution in [2.45, 2.75) is 25.6 Å². The van der Waals surface area contributed by atoms with Crippen LogP contribution >= 0.6 is 35.6 Å². The number of nitrogens with one attached hydrogen (secondary N) is 1. The Labute approximate surface area is 163 Å². The number of carbonyl (C=O) groups is 1. The van der Waals surface area contributed by atoms with Crippen LogP contribution in [0, 0.1) is 0 Å². The Kier molecular flexibility index (Phi) is 7.70. The van der Waals surface area contributed by atoms with E-state index in [2.05, 4.69) is 15.4 Å². The van der Waals surface area contributed by atoms with Crippen LogP contribution in [0.3, 0.4) is 0 Å². The first-order valence-electron chi connectivity index (χ1n) is 7.11. The van der Waals surface area contributed by atoms with Crippen molar-refractivity contribution < 1.29 is 18.0 Å². The Morgan fingerprint density at radius 1 is 1.38 bits per heavy atom. The van der Waals surface area contributed by atoms with Gasteiger partial charge in [-0.15, -0.1) is 12.4 Å². The molecule has 6 nitrogen and oxygen atoms in total. The maximum absolute atomic E-state index is 13.5. The molecule has 0 aliphatic heterocycles. The van der Waals surface area contributed by atoms with Crippen LogP contribution in [-0.4, -0.2) is 33.3 Å². The Balaban J connectivity index is 0.00000338. The number of hydrogen-bond acceptors (Lipinski definition) is 4. The lowest BCUT2D eigenvalue weighted by atomic mass is 10.2. The van der Waals surface area contributed by atoms with Gasteiger partial charge in [-0.2, -0.15) is 18.3 Å². The molecule has 2 heterocycles. The number of aromatic nitrogens is 3. The highest BCUT2D eigenvalue weighted by atomic mass is 35.5. The fraction of sp³-hybridized carbons (Fsp3) is 0.357. The molecule has 3 N–H and O–H groups in total. The minimum Gasteiger partial charge on any atom is -0.352 e. The summed E-state index contributed by atoms with van der Waals surface area (Å²) in [6.07, 6.45) is -2.48. The smallest absolute Gasteiger partial charge is 0.352 e. The third-order valence-corrected chi connectivity index (χ3v) is 3.64. The highest BCUT2D eigenvalue weighted by Gasteiger charge is 2.41. The van der Waals surface area contributed by atoms with Crippen molar-refractivity contribution in [3.05, 3.63) is 39.8 Å². The maximum atomic E-state index is 13.5. The van der Waals surface area contributed by atoms with Gasteiger partial charge in [0, 0.05) is 18.8 Å². The number of pyridine rings is 1. The standard InChI is InChI=1S/C14H14Cl2F3N5O.ClH/c1-7(20)2-3-21-13(25)9-6-23-24(11(9)14(17,18)19)12-10(16)4-8(15)5-22-12;/h4-7H,2-3,20H2,1H3,(H,21,25);1H. The van der Waals surface area contributed by atoms with Crippen molar-refractivity contribution in [1.82, 2.24) is 20.1 Å². The van der Waals surface area contributed by atoms with Crippen molar-refractivity contribution in [2.24, 2.45) is 5.73 Å². The van der Waals surface area contributed by atoms with Gasteiger partial charge in [-0.05, 0) is 19.4 Å². The van der Waals surface area contributed by atoms with E-state index in [1.54, 1.807) is 6.92 Å². The second kappa shape index (κ2) is 8.90. The third-order valence-electron chi connectivity index (χ3n) is 3.16. The molecule has 0 fully saturated rings. The monoisotopic (exact) mass is 431 g/mol. The van der Waals surface area contributed by atoms with Gasteiger partial charge in [-0.3, -0.25) is 4.79 Å². The van der Waals surface area contributed by atoms with Gasteiger partial charge in [0.05, 0.1) is 21.8 Å². The maximum Gasteiger partial charge on any atom is 0.434 e. The molecule has 0 aliphatic carbocycles. The molecular weight excluding hydrogens is 418 g/mol. The van der Waals surface area contributed by atoms with E-state index in [0.717, 1.165) is 12.4 Å². The Bertz CT molecular complexity index is 780. The van der Waals surface area contributed by atoms with E-state index >= 15 is 0 Å². The summed E-state index contributed by atoms with van der Waals surface area (Å²) in [5.74, 6) is -1.20. The van der Waals surface area contributed by atoms with Gasteiger partial charge < -0.3 is 11.1 Å². The lowest BCUT2D eigenvalue weighted by Crippen LogP contribution is -2.30. The molecule has 0 bridgehead atoms. The van der Waals surface area contributed by atoms with E-state index in [0.29, 0.717) is 11.1 Å². The van der Waals surface area contributed by atoms with Crippen LogP contribution in [-0.2, 0) is 6.18 Å². The summed E-state index contributed by atoms with van der Waals surface area (Å²) in [7, 11) is 0. The second-order valence-electron chi connectivity index (χ2n) is 5.30. The second-order valence-corrected chi connectivity index (χ2v) is 6.14. The average molecular weight is 433 g/mol. The van der Waals surface area contributed by atoms with Gasteiger partial charge in [0.2, 0.25) is 0 Å². The van der Waals surface area contributed by atoms with Crippen LogP contribution in [0.5, 0.6) is 0 Å². The lowest BCUT2D eigenvalue weighted by Gasteiger charge is -2.13. The largest absolute Gasteiger partial charge is 0.434 e. The molecule has 2 rings (SSSR count). The van der Waals surface area contributed by atoms with Crippen LogP contribution < -0.4 is 11.1 Å². The topological polar surface area (TPSA) is 85.8 Å². The van der Waals surface area contributed by atoms with Crippen molar-refractivity contribution >= 4 is 41.5 Å². The molecule has 2 aromatic rings. The number of rotatable bonds is 5. The summed E-state index contributed by atoms with van der Waals surface area (Å²) < 4.78 is 40.9. The number of nitrogens with two attached hydrogens (primary N) is 1. The van der Waals surface area contributed by atoms with Gasteiger partial charge in [0.25, 0.3) is 5.91 Å². The molecule has 2 aromatic heterocycles. The summed E-state index contributed by atoms with van der Waals surface area (Å²) in [5.41, 5.74) is 3.63. The predicted molar refractivity (Wildman–Crippen MR) is 94.2 cm³/mol. The van der Waals surface area contributed by atoms with Gasteiger partial charge in [-0.25, -0.2) is 9.67 Å². The van der Waals surface area contributed by atoms with Crippen molar-refractivity contribution in [1.29, 1.82) is 0 Å². The zero-order valence-electron chi connectivity index (χ0n) is 13.3. The van der Waals surface area contributed by atoms with Crippen LogP contribution in [0.2, 0.25) is 10.0 Å². The number of halogens is 6. The summed E-state index contributed by atoms with van der Waals surface area (Å²) in [6.45, 7) is 1.86. The Morgan fingerprint density at radius 3 is 2.58 bits per heavy atom. The normalized spacial score (nSPS) is 12.4. The molecule has 1 unspecified atom stereocenters. The first kappa shape index (κ1) is 22.5. The molecule has 0 spiro atoms. The first-order chi connectivity index (χ1) is 11.6. The van der Waals surface area contributed by atoms with Crippen LogP contribution in [0.15, 0.2) is 18.5 Å².